The first-order valence-electron chi connectivity index (χ1n) is 8.11. The molecule has 0 bridgehead atoms. The molecule has 0 saturated carbocycles. The third-order valence-corrected chi connectivity index (χ3v) is 3.91. The van der Waals surface area contributed by atoms with E-state index in [1.165, 1.54) is 11.1 Å². The Morgan fingerprint density at radius 1 is 0.480 bits per heavy atom. The highest BCUT2D eigenvalue weighted by molar-refractivity contribution is 5.56. The van der Waals surface area contributed by atoms with Crippen LogP contribution in [-0.4, -0.2) is 19.9 Å². The molecule has 0 spiro atoms. The summed E-state index contributed by atoms with van der Waals surface area (Å²) in [5.41, 5.74) is 5.92. The van der Waals surface area contributed by atoms with Crippen molar-refractivity contribution >= 4 is 0 Å². The largest absolute Gasteiger partial charge is 0.255 e. The first-order chi connectivity index (χ1) is 12.4. The minimum absolute atomic E-state index is 0.810. The van der Waals surface area contributed by atoms with Gasteiger partial charge in [-0.3, -0.25) is 19.9 Å². The highest BCUT2D eigenvalue weighted by Crippen LogP contribution is 2.19. The first-order valence-corrected chi connectivity index (χ1v) is 8.11. The summed E-state index contributed by atoms with van der Waals surface area (Å²) in [6, 6.07) is 19.9. The zero-order chi connectivity index (χ0) is 16.9. The fourth-order valence-electron chi connectivity index (χ4n) is 2.71. The molecular formula is C21H16N4. The van der Waals surface area contributed by atoms with Gasteiger partial charge in [-0.2, -0.15) is 0 Å². The molecule has 0 amide bonds. The number of nitrogens with zero attached hydrogens (tertiary/aromatic N) is 4. The summed E-state index contributed by atoms with van der Waals surface area (Å²) in [4.78, 5) is 17.6. The molecule has 4 nitrogen and oxygen atoms in total. The summed E-state index contributed by atoms with van der Waals surface area (Å²) in [7, 11) is 0. The molecular weight excluding hydrogens is 308 g/mol. The van der Waals surface area contributed by atoms with Crippen molar-refractivity contribution in [2.45, 2.75) is 6.42 Å². The Morgan fingerprint density at radius 2 is 0.960 bits per heavy atom. The predicted molar refractivity (Wildman–Crippen MR) is 97.7 cm³/mol. The number of hydrogen-bond acceptors (Lipinski definition) is 4. The maximum absolute atomic E-state index is 4.43. The van der Waals surface area contributed by atoms with E-state index in [0.29, 0.717) is 0 Å². The summed E-state index contributed by atoms with van der Waals surface area (Å²) in [5, 5.41) is 0. The lowest BCUT2D eigenvalue weighted by atomic mass is 10.0. The average Bonchev–Trinajstić information content (AvgIpc) is 2.70. The van der Waals surface area contributed by atoms with Gasteiger partial charge in [0.25, 0.3) is 0 Å². The van der Waals surface area contributed by atoms with Gasteiger partial charge in [0.05, 0.1) is 22.8 Å². The van der Waals surface area contributed by atoms with E-state index >= 15 is 0 Å². The van der Waals surface area contributed by atoms with E-state index in [1.54, 1.807) is 12.4 Å². The Kier molecular flexibility index (Phi) is 4.25. The lowest BCUT2D eigenvalue weighted by Crippen LogP contribution is -1.94. The number of hydrogen-bond donors (Lipinski definition) is 0. The summed E-state index contributed by atoms with van der Waals surface area (Å²) in [5.74, 6) is 0. The summed E-state index contributed by atoms with van der Waals surface area (Å²) >= 11 is 0. The highest BCUT2D eigenvalue weighted by atomic mass is 14.8. The van der Waals surface area contributed by atoms with Crippen LogP contribution in [0.15, 0.2) is 85.5 Å². The van der Waals surface area contributed by atoms with Gasteiger partial charge < -0.3 is 0 Å². The van der Waals surface area contributed by atoms with Crippen molar-refractivity contribution in [3.05, 3.63) is 96.6 Å². The van der Waals surface area contributed by atoms with Crippen LogP contribution >= 0.6 is 0 Å². The Labute approximate surface area is 146 Å². The monoisotopic (exact) mass is 324 g/mol. The van der Waals surface area contributed by atoms with Gasteiger partial charge >= 0.3 is 0 Å². The van der Waals surface area contributed by atoms with E-state index in [2.05, 4.69) is 32.1 Å². The standard InChI is InChI=1S/C21H16N4/c1-3-9-22-18(5-1)20-14-16(7-11-24-20)13-17-8-12-25-21(15-17)19-6-2-4-10-23-19/h1-12,14-15H,13H2. The zero-order valence-corrected chi connectivity index (χ0v) is 13.6. The molecule has 4 rings (SSSR count). The SMILES string of the molecule is c1ccc(-c2cc(Cc3ccnc(-c4ccccn4)c3)ccn2)nc1. The van der Waals surface area contributed by atoms with Crippen LogP contribution in [0.1, 0.15) is 11.1 Å². The molecule has 4 aromatic rings. The van der Waals surface area contributed by atoms with Crippen molar-refractivity contribution in [1.82, 2.24) is 19.9 Å². The van der Waals surface area contributed by atoms with Crippen LogP contribution in [0.2, 0.25) is 0 Å². The van der Waals surface area contributed by atoms with Crippen molar-refractivity contribution in [3.8, 4) is 22.8 Å². The molecule has 0 aromatic carbocycles. The molecule has 0 aliphatic rings. The predicted octanol–water partition coefficient (Wildman–Crippen LogP) is 4.19. The van der Waals surface area contributed by atoms with Crippen LogP contribution < -0.4 is 0 Å². The van der Waals surface area contributed by atoms with Gasteiger partial charge in [-0.1, -0.05) is 12.1 Å². The molecule has 0 unspecified atom stereocenters. The molecule has 4 heterocycles. The zero-order valence-electron chi connectivity index (χ0n) is 13.6. The molecule has 25 heavy (non-hydrogen) atoms. The van der Waals surface area contributed by atoms with E-state index in [0.717, 1.165) is 29.2 Å². The van der Waals surface area contributed by atoms with Gasteiger partial charge in [-0.05, 0) is 66.1 Å². The Balaban J connectivity index is 1.61. The number of pyridine rings is 4. The fraction of sp³-hybridized carbons (Fsp3) is 0.0476. The van der Waals surface area contributed by atoms with Gasteiger partial charge in [-0.25, -0.2) is 0 Å². The van der Waals surface area contributed by atoms with E-state index in [4.69, 9.17) is 0 Å². The third-order valence-electron chi connectivity index (χ3n) is 3.91. The topological polar surface area (TPSA) is 51.6 Å². The molecule has 0 saturated heterocycles. The van der Waals surface area contributed by atoms with Crippen LogP contribution in [0.4, 0.5) is 0 Å². The first kappa shape index (κ1) is 15.1. The average molecular weight is 324 g/mol. The van der Waals surface area contributed by atoms with Crippen LogP contribution in [0.3, 0.4) is 0 Å². The normalized spacial score (nSPS) is 10.6. The van der Waals surface area contributed by atoms with Crippen LogP contribution in [-0.2, 0) is 6.42 Å². The molecule has 0 aliphatic heterocycles. The van der Waals surface area contributed by atoms with E-state index in [9.17, 15) is 0 Å². The minimum atomic E-state index is 0.810. The van der Waals surface area contributed by atoms with Crippen molar-refractivity contribution in [2.75, 3.05) is 0 Å². The molecule has 0 fully saturated rings. The molecule has 4 heteroatoms. The Bertz CT molecular complexity index is 888. The third kappa shape index (κ3) is 3.58. The van der Waals surface area contributed by atoms with Gasteiger partial charge in [0.15, 0.2) is 0 Å². The number of rotatable bonds is 4. The van der Waals surface area contributed by atoms with Gasteiger partial charge in [0.1, 0.15) is 0 Å². The second kappa shape index (κ2) is 7.01. The smallest absolute Gasteiger partial charge is 0.0888 e. The fourth-order valence-corrected chi connectivity index (χ4v) is 2.71. The summed E-state index contributed by atoms with van der Waals surface area (Å²) < 4.78 is 0. The van der Waals surface area contributed by atoms with Crippen LogP contribution in [0.5, 0.6) is 0 Å². The van der Waals surface area contributed by atoms with Gasteiger partial charge in [0, 0.05) is 24.8 Å². The second-order valence-corrected chi connectivity index (χ2v) is 5.71. The number of aromatic nitrogens is 4. The Morgan fingerprint density at radius 3 is 1.40 bits per heavy atom. The molecule has 0 aliphatic carbocycles. The lowest BCUT2D eigenvalue weighted by molar-refractivity contribution is 1.13. The van der Waals surface area contributed by atoms with Crippen molar-refractivity contribution < 1.29 is 0 Å². The van der Waals surface area contributed by atoms with Gasteiger partial charge in [0.2, 0.25) is 0 Å². The summed E-state index contributed by atoms with van der Waals surface area (Å²) in [6.45, 7) is 0. The molecule has 0 atom stereocenters. The van der Waals surface area contributed by atoms with Gasteiger partial charge in [-0.15, -0.1) is 0 Å². The Hall–Kier alpha value is -3.40. The van der Waals surface area contributed by atoms with Crippen molar-refractivity contribution in [1.29, 1.82) is 0 Å². The maximum Gasteiger partial charge on any atom is 0.0888 e. The maximum atomic E-state index is 4.43. The van der Waals surface area contributed by atoms with E-state index in [-0.39, 0.29) is 0 Å². The molecule has 0 radical (unpaired) electrons. The summed E-state index contributed by atoms with van der Waals surface area (Å²) in [6.07, 6.45) is 8.04. The molecule has 0 N–H and O–H groups in total. The molecule has 120 valence electrons. The van der Waals surface area contributed by atoms with Crippen LogP contribution in [0.25, 0.3) is 22.8 Å². The van der Waals surface area contributed by atoms with E-state index < -0.39 is 0 Å². The molecule has 4 aromatic heterocycles. The lowest BCUT2D eigenvalue weighted by Gasteiger charge is -2.06. The minimum Gasteiger partial charge on any atom is -0.255 e. The van der Waals surface area contributed by atoms with Crippen molar-refractivity contribution in [3.63, 3.8) is 0 Å². The van der Waals surface area contributed by atoms with E-state index in [1.807, 2.05) is 60.9 Å². The second-order valence-electron chi connectivity index (χ2n) is 5.71. The van der Waals surface area contributed by atoms with Crippen LogP contribution in [0, 0.1) is 0 Å². The van der Waals surface area contributed by atoms with Crippen molar-refractivity contribution in [2.24, 2.45) is 0 Å². The quantitative estimate of drug-likeness (QED) is 0.565. The highest BCUT2D eigenvalue weighted by Gasteiger charge is 2.05.